The maximum Gasteiger partial charge on any atom is 0.254 e. The second kappa shape index (κ2) is 4.47. The predicted octanol–water partition coefficient (Wildman–Crippen LogP) is 2.49. The molecule has 2 saturated heterocycles. The van der Waals surface area contributed by atoms with Crippen molar-refractivity contribution >= 4 is 5.91 Å². The van der Waals surface area contributed by atoms with Crippen LogP contribution in [0.2, 0.25) is 0 Å². The van der Waals surface area contributed by atoms with Crippen LogP contribution in [-0.2, 0) is 0 Å². The van der Waals surface area contributed by atoms with Gasteiger partial charge in [0.15, 0.2) is 0 Å². The van der Waals surface area contributed by atoms with Gasteiger partial charge in [-0.2, -0.15) is 0 Å². The summed E-state index contributed by atoms with van der Waals surface area (Å²) < 4.78 is 0. The standard InChI is InChI=1S/C14H18N2O/c17-14(12-5-8-15-9-6-12)16-10-7-11-1-3-13(16)4-2-11/h5-6,8-9,11,13H,1-4,7,10H2. The van der Waals surface area contributed by atoms with E-state index in [1.807, 2.05) is 12.1 Å². The highest BCUT2D eigenvalue weighted by Gasteiger charge is 2.33. The molecule has 3 heteroatoms. The molecule has 90 valence electrons. The molecule has 17 heavy (non-hydrogen) atoms. The van der Waals surface area contributed by atoms with Crippen molar-refractivity contribution in [1.29, 1.82) is 0 Å². The zero-order chi connectivity index (χ0) is 11.7. The second-order valence-corrected chi connectivity index (χ2v) is 5.20. The minimum Gasteiger partial charge on any atom is -0.336 e. The molecular formula is C14H18N2O. The first kappa shape index (κ1) is 10.8. The number of amides is 1. The fraction of sp³-hybridized carbons (Fsp3) is 0.571. The summed E-state index contributed by atoms with van der Waals surface area (Å²) in [5.74, 6) is 1.06. The van der Waals surface area contributed by atoms with Crippen LogP contribution >= 0.6 is 0 Å². The predicted molar refractivity (Wildman–Crippen MR) is 65.6 cm³/mol. The van der Waals surface area contributed by atoms with Gasteiger partial charge in [0.1, 0.15) is 0 Å². The fourth-order valence-corrected chi connectivity index (χ4v) is 3.18. The van der Waals surface area contributed by atoms with Crippen LogP contribution in [0.3, 0.4) is 0 Å². The summed E-state index contributed by atoms with van der Waals surface area (Å²) in [6.07, 6.45) is 9.59. The van der Waals surface area contributed by atoms with Gasteiger partial charge < -0.3 is 4.90 Å². The Hall–Kier alpha value is -1.38. The molecule has 1 aromatic rings. The van der Waals surface area contributed by atoms with E-state index in [0.29, 0.717) is 6.04 Å². The van der Waals surface area contributed by atoms with Gasteiger partial charge in [-0.25, -0.2) is 0 Å². The third-order valence-corrected chi connectivity index (χ3v) is 4.22. The minimum absolute atomic E-state index is 0.194. The van der Waals surface area contributed by atoms with Crippen LogP contribution in [0.4, 0.5) is 0 Å². The number of carbonyl (C=O) groups is 1. The Kier molecular flexibility index (Phi) is 2.83. The van der Waals surface area contributed by atoms with Gasteiger partial charge in [0.05, 0.1) is 0 Å². The minimum atomic E-state index is 0.194. The molecule has 1 aromatic heterocycles. The molecule has 1 saturated carbocycles. The van der Waals surface area contributed by atoms with E-state index in [4.69, 9.17) is 0 Å². The van der Waals surface area contributed by atoms with E-state index in [1.54, 1.807) is 12.4 Å². The van der Waals surface area contributed by atoms with Gasteiger partial charge in [-0.15, -0.1) is 0 Å². The van der Waals surface area contributed by atoms with Crippen molar-refractivity contribution in [2.75, 3.05) is 6.54 Å². The number of fused-ring (bicyclic) bond motifs is 4. The lowest BCUT2D eigenvalue weighted by Gasteiger charge is -2.31. The molecular weight excluding hydrogens is 212 g/mol. The molecule has 0 spiro atoms. The van der Waals surface area contributed by atoms with Crippen molar-refractivity contribution in [3.8, 4) is 0 Å². The average molecular weight is 230 g/mol. The first-order valence-electron chi connectivity index (χ1n) is 6.55. The van der Waals surface area contributed by atoms with E-state index >= 15 is 0 Å². The summed E-state index contributed by atoms with van der Waals surface area (Å²) in [5.41, 5.74) is 0.783. The Morgan fingerprint density at radius 1 is 1.12 bits per heavy atom. The van der Waals surface area contributed by atoms with Crippen LogP contribution in [0, 0.1) is 5.92 Å². The molecule has 0 atom stereocenters. The van der Waals surface area contributed by atoms with E-state index in [-0.39, 0.29) is 5.91 Å². The molecule has 3 nitrogen and oxygen atoms in total. The Morgan fingerprint density at radius 2 is 1.82 bits per heavy atom. The van der Waals surface area contributed by atoms with Crippen molar-refractivity contribution in [1.82, 2.24) is 9.88 Å². The SMILES string of the molecule is O=C(c1ccncc1)N1CCC2CCC1CC2. The normalized spacial score (nSPS) is 27.9. The van der Waals surface area contributed by atoms with E-state index in [1.165, 1.54) is 32.1 Å². The zero-order valence-electron chi connectivity index (χ0n) is 10.0. The lowest BCUT2D eigenvalue weighted by atomic mass is 9.86. The molecule has 3 heterocycles. The van der Waals surface area contributed by atoms with Crippen LogP contribution in [0.15, 0.2) is 24.5 Å². The third kappa shape index (κ3) is 2.06. The molecule has 1 amide bonds. The fourth-order valence-electron chi connectivity index (χ4n) is 3.18. The quantitative estimate of drug-likeness (QED) is 0.742. The molecule has 2 aliphatic heterocycles. The van der Waals surface area contributed by atoms with E-state index < -0.39 is 0 Å². The van der Waals surface area contributed by atoms with E-state index in [2.05, 4.69) is 9.88 Å². The summed E-state index contributed by atoms with van der Waals surface area (Å²) in [5, 5.41) is 0. The number of rotatable bonds is 1. The van der Waals surface area contributed by atoms with Crippen LogP contribution < -0.4 is 0 Å². The van der Waals surface area contributed by atoms with Crippen LogP contribution in [0.1, 0.15) is 42.5 Å². The summed E-state index contributed by atoms with van der Waals surface area (Å²) in [6.45, 7) is 0.941. The van der Waals surface area contributed by atoms with E-state index in [9.17, 15) is 4.79 Å². The zero-order valence-corrected chi connectivity index (χ0v) is 10.0. The molecule has 3 fully saturated rings. The second-order valence-electron chi connectivity index (χ2n) is 5.20. The van der Waals surface area contributed by atoms with Crippen molar-refractivity contribution in [2.45, 2.75) is 38.1 Å². The summed E-state index contributed by atoms with van der Waals surface area (Å²) in [4.78, 5) is 18.5. The van der Waals surface area contributed by atoms with Gasteiger partial charge in [-0.3, -0.25) is 9.78 Å². The number of hydrogen-bond donors (Lipinski definition) is 0. The highest BCUT2D eigenvalue weighted by Crippen LogP contribution is 2.34. The first-order valence-corrected chi connectivity index (χ1v) is 6.55. The number of pyridine rings is 1. The van der Waals surface area contributed by atoms with Gasteiger partial charge in [0, 0.05) is 30.5 Å². The van der Waals surface area contributed by atoms with Gasteiger partial charge >= 0.3 is 0 Å². The molecule has 3 aliphatic rings. The maximum atomic E-state index is 12.4. The van der Waals surface area contributed by atoms with Gasteiger partial charge in [0.2, 0.25) is 0 Å². The highest BCUT2D eigenvalue weighted by molar-refractivity contribution is 5.94. The van der Waals surface area contributed by atoms with Crippen LogP contribution in [0.25, 0.3) is 0 Å². The molecule has 1 aliphatic carbocycles. The van der Waals surface area contributed by atoms with Crippen molar-refractivity contribution < 1.29 is 4.79 Å². The number of hydrogen-bond acceptors (Lipinski definition) is 2. The van der Waals surface area contributed by atoms with Crippen LogP contribution in [0.5, 0.6) is 0 Å². The Labute approximate surface area is 102 Å². The largest absolute Gasteiger partial charge is 0.336 e. The molecule has 0 aromatic carbocycles. The Bertz CT molecular complexity index is 396. The van der Waals surface area contributed by atoms with Gasteiger partial charge in [0.25, 0.3) is 5.91 Å². The lowest BCUT2D eigenvalue weighted by molar-refractivity contribution is 0.0676. The summed E-state index contributed by atoms with van der Waals surface area (Å²) in [6, 6.07) is 4.12. The topological polar surface area (TPSA) is 33.2 Å². The number of aromatic nitrogens is 1. The number of carbonyl (C=O) groups excluding carboxylic acids is 1. The molecule has 0 unspecified atom stereocenters. The molecule has 0 N–H and O–H groups in total. The lowest BCUT2D eigenvalue weighted by Crippen LogP contribution is -2.39. The average Bonchev–Trinajstić information content (AvgIpc) is 2.72. The summed E-state index contributed by atoms with van der Waals surface area (Å²) >= 11 is 0. The highest BCUT2D eigenvalue weighted by atomic mass is 16.2. The molecule has 2 bridgehead atoms. The first-order chi connectivity index (χ1) is 8.34. The monoisotopic (exact) mass is 230 g/mol. The van der Waals surface area contributed by atoms with Gasteiger partial charge in [-0.05, 0) is 50.2 Å². The number of nitrogens with zero attached hydrogens (tertiary/aromatic N) is 2. The Morgan fingerprint density at radius 3 is 2.53 bits per heavy atom. The maximum absolute atomic E-state index is 12.4. The molecule has 0 radical (unpaired) electrons. The Balaban J connectivity index is 1.81. The molecule has 4 rings (SSSR count). The van der Waals surface area contributed by atoms with Gasteiger partial charge in [-0.1, -0.05) is 0 Å². The van der Waals surface area contributed by atoms with Crippen LogP contribution in [-0.4, -0.2) is 28.4 Å². The van der Waals surface area contributed by atoms with Crippen molar-refractivity contribution in [3.05, 3.63) is 30.1 Å². The van der Waals surface area contributed by atoms with E-state index in [0.717, 1.165) is 18.0 Å². The summed E-state index contributed by atoms with van der Waals surface area (Å²) in [7, 11) is 0. The smallest absolute Gasteiger partial charge is 0.254 e. The van der Waals surface area contributed by atoms with Crippen molar-refractivity contribution in [3.63, 3.8) is 0 Å². The third-order valence-electron chi connectivity index (χ3n) is 4.22. The van der Waals surface area contributed by atoms with Crippen molar-refractivity contribution in [2.24, 2.45) is 5.92 Å².